The molecule has 27 heavy (non-hydrogen) atoms. The van der Waals surface area contributed by atoms with Crippen LogP contribution < -0.4 is 5.32 Å². The first-order valence-electron chi connectivity index (χ1n) is 8.79. The molecular formula is C19H23N3O4S. The second-order valence-electron chi connectivity index (χ2n) is 6.78. The van der Waals surface area contributed by atoms with E-state index in [0.717, 1.165) is 29.8 Å². The molecule has 1 aliphatic rings. The summed E-state index contributed by atoms with van der Waals surface area (Å²) in [4.78, 5) is 17.2. The zero-order valence-electron chi connectivity index (χ0n) is 15.1. The van der Waals surface area contributed by atoms with Crippen molar-refractivity contribution in [3.8, 4) is 0 Å². The van der Waals surface area contributed by atoms with Crippen LogP contribution in [-0.4, -0.2) is 48.8 Å². The van der Waals surface area contributed by atoms with Crippen molar-refractivity contribution in [2.24, 2.45) is 0 Å². The van der Waals surface area contributed by atoms with Crippen LogP contribution in [0.15, 0.2) is 47.5 Å². The van der Waals surface area contributed by atoms with Crippen molar-refractivity contribution in [2.75, 3.05) is 24.7 Å². The monoisotopic (exact) mass is 389 g/mol. The molecule has 8 heteroatoms. The van der Waals surface area contributed by atoms with E-state index in [9.17, 15) is 13.2 Å². The molecule has 144 valence electrons. The number of aromatic nitrogens is 1. The van der Waals surface area contributed by atoms with E-state index in [0.29, 0.717) is 30.4 Å². The molecule has 0 unspecified atom stereocenters. The average molecular weight is 389 g/mol. The lowest BCUT2D eigenvalue weighted by molar-refractivity contribution is 0.132. The lowest BCUT2D eigenvalue weighted by Gasteiger charge is -2.30. The van der Waals surface area contributed by atoms with Gasteiger partial charge in [0.1, 0.15) is 0 Å². The van der Waals surface area contributed by atoms with E-state index in [-0.39, 0.29) is 0 Å². The zero-order chi connectivity index (χ0) is 19.4. The minimum absolute atomic E-state index is 0.296. The van der Waals surface area contributed by atoms with Crippen molar-refractivity contribution >= 4 is 21.6 Å². The van der Waals surface area contributed by atoms with Gasteiger partial charge < -0.3 is 15.3 Å². The third-order valence-corrected chi connectivity index (χ3v) is 5.97. The van der Waals surface area contributed by atoms with Crippen molar-refractivity contribution < 1.29 is 18.3 Å². The number of rotatable bonds is 5. The number of hydrogen-bond acceptors (Lipinski definition) is 5. The molecule has 1 aromatic heterocycles. The highest BCUT2D eigenvalue weighted by molar-refractivity contribution is 7.90. The van der Waals surface area contributed by atoms with Crippen LogP contribution in [0.5, 0.6) is 0 Å². The van der Waals surface area contributed by atoms with Crippen molar-refractivity contribution in [1.29, 1.82) is 0 Å². The SMILES string of the molecule is CS(=O)(=O)c1ccc(NCc2ccc(C3CCN(C(=O)O)CC3)cn2)cc1. The second-order valence-corrected chi connectivity index (χ2v) is 8.79. The minimum atomic E-state index is -3.19. The number of pyridine rings is 1. The Hall–Kier alpha value is -2.61. The van der Waals surface area contributed by atoms with Crippen LogP contribution in [0.1, 0.15) is 30.0 Å². The molecule has 1 aromatic carbocycles. The maximum atomic E-state index is 11.5. The van der Waals surface area contributed by atoms with Crippen LogP contribution in [0.4, 0.5) is 10.5 Å². The molecule has 1 saturated heterocycles. The summed E-state index contributed by atoms with van der Waals surface area (Å²) in [7, 11) is -3.19. The smallest absolute Gasteiger partial charge is 0.407 e. The predicted molar refractivity (Wildman–Crippen MR) is 103 cm³/mol. The fourth-order valence-electron chi connectivity index (χ4n) is 3.20. The Morgan fingerprint density at radius 1 is 1.19 bits per heavy atom. The zero-order valence-corrected chi connectivity index (χ0v) is 15.9. The first-order chi connectivity index (χ1) is 12.8. The molecule has 0 spiro atoms. The fraction of sp³-hybridized carbons (Fsp3) is 0.368. The highest BCUT2D eigenvalue weighted by Crippen LogP contribution is 2.27. The summed E-state index contributed by atoms with van der Waals surface area (Å²) in [5, 5.41) is 12.2. The molecule has 0 aliphatic carbocycles. The van der Waals surface area contributed by atoms with Crippen molar-refractivity contribution in [3.63, 3.8) is 0 Å². The molecule has 0 atom stereocenters. The number of amides is 1. The molecule has 7 nitrogen and oxygen atoms in total. The van der Waals surface area contributed by atoms with E-state index >= 15 is 0 Å². The van der Waals surface area contributed by atoms with E-state index in [4.69, 9.17) is 5.11 Å². The van der Waals surface area contributed by atoms with Gasteiger partial charge in [-0.1, -0.05) is 6.07 Å². The van der Waals surface area contributed by atoms with Crippen molar-refractivity contribution in [1.82, 2.24) is 9.88 Å². The normalized spacial score (nSPS) is 15.5. The Labute approximate surface area is 159 Å². The lowest BCUT2D eigenvalue weighted by atomic mass is 9.90. The lowest BCUT2D eigenvalue weighted by Crippen LogP contribution is -2.36. The quantitative estimate of drug-likeness (QED) is 0.816. The maximum absolute atomic E-state index is 11.5. The first-order valence-corrected chi connectivity index (χ1v) is 10.7. The van der Waals surface area contributed by atoms with Gasteiger partial charge in [0.25, 0.3) is 0 Å². The Bertz CT molecular complexity index is 888. The van der Waals surface area contributed by atoms with E-state index in [1.807, 2.05) is 12.3 Å². The largest absolute Gasteiger partial charge is 0.465 e. The van der Waals surface area contributed by atoms with Crippen LogP contribution >= 0.6 is 0 Å². The molecule has 1 fully saturated rings. The fourth-order valence-corrected chi connectivity index (χ4v) is 3.83. The van der Waals surface area contributed by atoms with Gasteiger partial charge in [0.2, 0.25) is 0 Å². The Kier molecular flexibility index (Phi) is 5.65. The van der Waals surface area contributed by atoms with Gasteiger partial charge in [-0.2, -0.15) is 0 Å². The maximum Gasteiger partial charge on any atom is 0.407 e. The molecular weight excluding hydrogens is 366 g/mol. The number of nitrogens with one attached hydrogen (secondary N) is 1. The van der Waals surface area contributed by atoms with Crippen LogP contribution in [0.25, 0.3) is 0 Å². The summed E-state index contributed by atoms with van der Waals surface area (Å²) in [5.74, 6) is 0.346. The first kappa shape index (κ1) is 19.2. The highest BCUT2D eigenvalue weighted by atomic mass is 32.2. The number of anilines is 1. The molecule has 1 amide bonds. The van der Waals surface area contributed by atoms with Gasteiger partial charge in [-0.25, -0.2) is 13.2 Å². The van der Waals surface area contributed by atoms with Crippen LogP contribution in [0.2, 0.25) is 0 Å². The number of hydrogen-bond donors (Lipinski definition) is 2. The molecule has 2 heterocycles. The number of carbonyl (C=O) groups is 1. The molecule has 1 aliphatic heterocycles. The van der Waals surface area contributed by atoms with Crippen LogP contribution in [-0.2, 0) is 16.4 Å². The van der Waals surface area contributed by atoms with E-state index < -0.39 is 15.9 Å². The van der Waals surface area contributed by atoms with Crippen LogP contribution in [0, 0.1) is 0 Å². The molecule has 0 saturated carbocycles. The summed E-state index contributed by atoms with van der Waals surface area (Å²) in [6.45, 7) is 1.66. The molecule has 3 rings (SSSR count). The molecule has 0 radical (unpaired) electrons. The minimum Gasteiger partial charge on any atom is -0.465 e. The van der Waals surface area contributed by atoms with Crippen LogP contribution in [0.3, 0.4) is 0 Å². The van der Waals surface area contributed by atoms with Gasteiger partial charge in [-0.3, -0.25) is 4.98 Å². The highest BCUT2D eigenvalue weighted by Gasteiger charge is 2.23. The van der Waals surface area contributed by atoms with Crippen molar-refractivity contribution in [3.05, 3.63) is 53.9 Å². The summed E-state index contributed by atoms with van der Waals surface area (Å²) in [6.07, 6.45) is 3.84. The van der Waals surface area contributed by atoms with E-state index in [2.05, 4.69) is 16.4 Å². The van der Waals surface area contributed by atoms with Gasteiger partial charge in [0.05, 0.1) is 17.1 Å². The number of sulfone groups is 1. The summed E-state index contributed by atoms with van der Waals surface area (Å²) in [5.41, 5.74) is 2.85. The molecule has 2 aromatic rings. The number of nitrogens with zero attached hydrogens (tertiary/aromatic N) is 2. The third kappa shape index (κ3) is 4.97. The number of carboxylic acid groups (broad SMARTS) is 1. The van der Waals surface area contributed by atoms with Gasteiger partial charge in [-0.05, 0) is 54.7 Å². The standard InChI is InChI=1S/C19H23N3O4S/c1-27(25,26)18-6-4-16(5-7-18)21-13-17-3-2-15(12-20-17)14-8-10-22(11-9-14)19(23)24/h2-7,12,14,21H,8-11,13H2,1H3,(H,23,24). The second kappa shape index (κ2) is 7.96. The summed E-state index contributed by atoms with van der Waals surface area (Å²) in [6, 6.07) is 10.7. The van der Waals surface area contributed by atoms with E-state index in [1.165, 1.54) is 11.2 Å². The van der Waals surface area contributed by atoms with Crippen molar-refractivity contribution in [2.45, 2.75) is 30.2 Å². The Morgan fingerprint density at radius 3 is 2.37 bits per heavy atom. The van der Waals surface area contributed by atoms with Gasteiger partial charge in [0, 0.05) is 31.2 Å². The summed E-state index contributed by atoms with van der Waals surface area (Å²) < 4.78 is 23.0. The predicted octanol–water partition coefficient (Wildman–Crippen LogP) is 2.95. The molecule has 2 N–H and O–H groups in total. The Morgan fingerprint density at radius 2 is 1.85 bits per heavy atom. The topological polar surface area (TPSA) is 99.6 Å². The van der Waals surface area contributed by atoms with Gasteiger partial charge >= 0.3 is 6.09 Å². The third-order valence-electron chi connectivity index (χ3n) is 4.84. The van der Waals surface area contributed by atoms with E-state index in [1.54, 1.807) is 24.3 Å². The summed E-state index contributed by atoms with van der Waals surface area (Å²) >= 11 is 0. The molecule has 0 bridgehead atoms. The average Bonchev–Trinajstić information content (AvgIpc) is 2.66. The van der Waals surface area contributed by atoms with Gasteiger partial charge in [-0.15, -0.1) is 0 Å². The van der Waals surface area contributed by atoms with Gasteiger partial charge in [0.15, 0.2) is 9.84 Å². The number of benzene rings is 1. The number of likely N-dealkylation sites (tertiary alicyclic amines) is 1. The number of piperidine rings is 1. The Balaban J connectivity index is 1.54.